The molecule has 10 heteroatoms. The van der Waals surface area contributed by atoms with Crippen molar-refractivity contribution in [3.05, 3.63) is 69.4 Å². The Morgan fingerprint density at radius 2 is 2.07 bits per heavy atom. The molecule has 8 nitrogen and oxygen atoms in total. The van der Waals surface area contributed by atoms with Gasteiger partial charge in [-0.3, -0.25) is 20.2 Å². The number of aromatic nitrogens is 1. The number of furan rings is 1. The first-order valence-electron chi connectivity index (χ1n) is 8.25. The summed E-state index contributed by atoms with van der Waals surface area (Å²) in [5.74, 6) is 0.226. The number of hydrogen-bond acceptors (Lipinski definition) is 7. The molecule has 146 valence electrons. The van der Waals surface area contributed by atoms with E-state index in [2.05, 4.69) is 10.3 Å². The van der Waals surface area contributed by atoms with Gasteiger partial charge >= 0.3 is 0 Å². The van der Waals surface area contributed by atoms with Crippen LogP contribution in [-0.2, 0) is 0 Å². The predicted molar refractivity (Wildman–Crippen MR) is 110 cm³/mol. The van der Waals surface area contributed by atoms with Crippen molar-refractivity contribution in [3.8, 4) is 17.1 Å². The van der Waals surface area contributed by atoms with E-state index in [9.17, 15) is 14.9 Å². The van der Waals surface area contributed by atoms with Gasteiger partial charge < -0.3 is 9.15 Å². The highest BCUT2D eigenvalue weighted by molar-refractivity contribution is 7.22. The standard InChI is InChI=1S/C19H12ClN3O5S/c1-27-16-9-17-12(8-11(16)20)21-19(29-17)22-18(24)15-7-6-14(28-15)10-4-2-3-5-13(10)23(25)26/h2-9H,1H3,(H,21,22,24). The zero-order chi connectivity index (χ0) is 20.5. The first-order valence-corrected chi connectivity index (χ1v) is 9.45. The normalized spacial score (nSPS) is 10.8. The van der Waals surface area contributed by atoms with Crippen LogP contribution in [0.4, 0.5) is 10.8 Å². The number of rotatable bonds is 5. The Hall–Kier alpha value is -3.43. The largest absolute Gasteiger partial charge is 0.495 e. The number of para-hydroxylation sites is 1. The highest BCUT2D eigenvalue weighted by atomic mass is 35.5. The topological polar surface area (TPSA) is 108 Å². The van der Waals surface area contributed by atoms with Crippen LogP contribution >= 0.6 is 22.9 Å². The van der Waals surface area contributed by atoms with Gasteiger partial charge in [0.25, 0.3) is 11.6 Å². The predicted octanol–water partition coefficient (Wildman–Crippen LogP) is 5.38. The van der Waals surface area contributed by atoms with E-state index >= 15 is 0 Å². The minimum Gasteiger partial charge on any atom is -0.495 e. The van der Waals surface area contributed by atoms with Crippen molar-refractivity contribution in [3.63, 3.8) is 0 Å². The Bertz CT molecular complexity index is 1250. The number of nitrogens with zero attached hydrogens (tertiary/aromatic N) is 2. The van der Waals surface area contributed by atoms with Crippen LogP contribution in [0.1, 0.15) is 10.6 Å². The van der Waals surface area contributed by atoms with E-state index in [0.717, 1.165) is 4.70 Å². The molecular formula is C19H12ClN3O5S. The molecule has 0 aliphatic heterocycles. The van der Waals surface area contributed by atoms with Gasteiger partial charge in [-0.2, -0.15) is 0 Å². The molecule has 2 heterocycles. The molecule has 29 heavy (non-hydrogen) atoms. The number of methoxy groups -OCH3 is 1. The maximum Gasteiger partial charge on any atom is 0.293 e. The smallest absolute Gasteiger partial charge is 0.293 e. The van der Waals surface area contributed by atoms with Gasteiger partial charge in [-0.1, -0.05) is 35.1 Å². The van der Waals surface area contributed by atoms with E-state index in [1.807, 2.05) is 0 Å². The Labute approximate surface area is 172 Å². The number of hydrogen-bond donors (Lipinski definition) is 1. The van der Waals surface area contributed by atoms with Crippen molar-refractivity contribution in [1.82, 2.24) is 4.98 Å². The number of amides is 1. The number of carbonyl (C=O) groups excluding carboxylic acids is 1. The zero-order valence-corrected chi connectivity index (χ0v) is 16.4. The summed E-state index contributed by atoms with van der Waals surface area (Å²) in [5, 5.41) is 14.6. The van der Waals surface area contributed by atoms with E-state index < -0.39 is 10.8 Å². The second kappa shape index (κ2) is 7.53. The molecule has 1 amide bonds. The molecule has 2 aromatic heterocycles. The van der Waals surface area contributed by atoms with Crippen LogP contribution in [0.15, 0.2) is 52.9 Å². The van der Waals surface area contributed by atoms with Crippen molar-refractivity contribution in [2.45, 2.75) is 0 Å². The molecule has 4 aromatic rings. The van der Waals surface area contributed by atoms with Gasteiger partial charge in [0.15, 0.2) is 10.9 Å². The summed E-state index contributed by atoms with van der Waals surface area (Å²) in [4.78, 5) is 27.5. The second-order valence-electron chi connectivity index (χ2n) is 5.87. The maximum atomic E-state index is 12.5. The highest BCUT2D eigenvalue weighted by Gasteiger charge is 2.20. The van der Waals surface area contributed by atoms with E-state index in [-0.39, 0.29) is 17.2 Å². The van der Waals surface area contributed by atoms with Crippen LogP contribution in [0.25, 0.3) is 21.5 Å². The van der Waals surface area contributed by atoms with E-state index in [1.54, 1.807) is 30.3 Å². The molecule has 1 N–H and O–H groups in total. The van der Waals surface area contributed by atoms with Crippen molar-refractivity contribution in [2.75, 3.05) is 12.4 Å². The van der Waals surface area contributed by atoms with Crippen LogP contribution in [0.3, 0.4) is 0 Å². The highest BCUT2D eigenvalue weighted by Crippen LogP contribution is 2.35. The van der Waals surface area contributed by atoms with Gasteiger partial charge in [0.1, 0.15) is 11.5 Å². The number of nitrogens with one attached hydrogen (secondary N) is 1. The second-order valence-corrected chi connectivity index (χ2v) is 7.30. The Kier molecular flexibility index (Phi) is 4.91. The molecule has 0 fully saturated rings. The monoisotopic (exact) mass is 429 g/mol. The minimum absolute atomic E-state index is 0.00743. The third kappa shape index (κ3) is 3.65. The van der Waals surface area contributed by atoms with Crippen molar-refractivity contribution >= 4 is 49.9 Å². The van der Waals surface area contributed by atoms with Crippen LogP contribution < -0.4 is 10.1 Å². The number of halogens is 1. The van der Waals surface area contributed by atoms with Crippen LogP contribution in [-0.4, -0.2) is 22.9 Å². The van der Waals surface area contributed by atoms with Crippen LogP contribution in [0.5, 0.6) is 5.75 Å². The summed E-state index contributed by atoms with van der Waals surface area (Å²) < 4.78 is 11.5. The molecule has 0 atom stereocenters. The SMILES string of the molecule is COc1cc2sc(NC(=O)c3ccc(-c4ccccc4[N+](=O)[O-])o3)nc2cc1Cl. The summed E-state index contributed by atoms with van der Waals surface area (Å²) in [6, 6.07) is 12.5. The van der Waals surface area contributed by atoms with E-state index in [0.29, 0.717) is 27.0 Å². The average molecular weight is 430 g/mol. The molecule has 0 aliphatic rings. The fourth-order valence-electron chi connectivity index (χ4n) is 2.74. The summed E-state index contributed by atoms with van der Waals surface area (Å²) in [7, 11) is 1.52. The van der Waals surface area contributed by atoms with E-state index in [4.69, 9.17) is 20.8 Å². The third-order valence-electron chi connectivity index (χ3n) is 4.08. The first kappa shape index (κ1) is 18.9. The van der Waals surface area contributed by atoms with Crippen molar-refractivity contribution in [2.24, 2.45) is 0 Å². The number of nitro groups is 1. The lowest BCUT2D eigenvalue weighted by atomic mass is 10.1. The Morgan fingerprint density at radius 3 is 2.83 bits per heavy atom. The molecule has 0 saturated carbocycles. The van der Waals surface area contributed by atoms with E-state index in [1.165, 1.54) is 36.6 Å². The van der Waals surface area contributed by atoms with Gasteiger partial charge in [0, 0.05) is 12.1 Å². The molecule has 0 radical (unpaired) electrons. The molecule has 2 aromatic carbocycles. The van der Waals surface area contributed by atoms with Gasteiger partial charge in [0.05, 0.1) is 32.8 Å². The number of thiazole rings is 1. The lowest BCUT2D eigenvalue weighted by Gasteiger charge is -2.00. The molecule has 0 bridgehead atoms. The van der Waals surface area contributed by atoms with Crippen LogP contribution in [0.2, 0.25) is 5.02 Å². The summed E-state index contributed by atoms with van der Waals surface area (Å²) in [5.41, 5.74) is 0.806. The number of carbonyl (C=O) groups is 1. The number of ether oxygens (including phenoxy) is 1. The number of nitro benzene ring substituents is 1. The summed E-state index contributed by atoms with van der Waals surface area (Å²) >= 11 is 7.35. The van der Waals surface area contributed by atoms with Gasteiger partial charge in [0.2, 0.25) is 0 Å². The molecule has 0 saturated heterocycles. The van der Waals surface area contributed by atoms with Crippen LogP contribution in [0, 0.1) is 10.1 Å². The van der Waals surface area contributed by atoms with Gasteiger partial charge in [-0.15, -0.1) is 0 Å². The lowest BCUT2D eigenvalue weighted by molar-refractivity contribution is -0.384. The number of fused-ring (bicyclic) bond motifs is 1. The third-order valence-corrected chi connectivity index (χ3v) is 5.31. The summed E-state index contributed by atoms with van der Waals surface area (Å²) in [6.07, 6.45) is 0. The molecule has 0 unspecified atom stereocenters. The minimum atomic E-state index is -0.521. The first-order chi connectivity index (χ1) is 14.0. The lowest BCUT2D eigenvalue weighted by Crippen LogP contribution is -2.10. The van der Waals surface area contributed by atoms with Gasteiger partial charge in [-0.25, -0.2) is 4.98 Å². The number of anilines is 1. The summed E-state index contributed by atoms with van der Waals surface area (Å²) in [6.45, 7) is 0. The zero-order valence-electron chi connectivity index (χ0n) is 14.8. The quantitative estimate of drug-likeness (QED) is 0.337. The fraction of sp³-hybridized carbons (Fsp3) is 0.0526. The van der Waals surface area contributed by atoms with Crippen molar-refractivity contribution in [1.29, 1.82) is 0 Å². The maximum absolute atomic E-state index is 12.5. The van der Waals surface area contributed by atoms with Crippen molar-refractivity contribution < 1.29 is 18.9 Å². The van der Waals surface area contributed by atoms with Gasteiger partial charge in [-0.05, 0) is 24.3 Å². The molecular weight excluding hydrogens is 418 g/mol. The Morgan fingerprint density at radius 1 is 1.28 bits per heavy atom. The average Bonchev–Trinajstić information content (AvgIpc) is 3.33. The fourth-order valence-corrected chi connectivity index (χ4v) is 3.85. The molecule has 4 rings (SSSR count). The number of benzene rings is 2. The Balaban J connectivity index is 1.59. The molecule has 0 aliphatic carbocycles. The molecule has 0 spiro atoms.